The molecule has 0 bridgehead atoms. The van der Waals surface area contributed by atoms with E-state index in [9.17, 15) is 19.2 Å². The van der Waals surface area contributed by atoms with Crippen LogP contribution in [-0.4, -0.2) is 60.6 Å². The second-order valence-corrected chi connectivity index (χ2v) is 7.27. The molecule has 31 heavy (non-hydrogen) atoms. The summed E-state index contributed by atoms with van der Waals surface area (Å²) >= 11 is 0. The van der Waals surface area contributed by atoms with Gasteiger partial charge in [-0.05, 0) is 42.8 Å². The van der Waals surface area contributed by atoms with Crippen molar-refractivity contribution < 1.29 is 19.2 Å². The lowest BCUT2D eigenvalue weighted by atomic mass is 10.1. The van der Waals surface area contributed by atoms with Crippen molar-refractivity contribution in [2.75, 3.05) is 27.2 Å². The molecule has 4 amide bonds. The fourth-order valence-electron chi connectivity index (χ4n) is 3.17. The number of fused-ring (bicyclic) bond motifs is 1. The maximum absolute atomic E-state index is 12.3. The van der Waals surface area contributed by atoms with Gasteiger partial charge < -0.3 is 10.2 Å². The van der Waals surface area contributed by atoms with E-state index in [-0.39, 0.29) is 43.1 Å². The van der Waals surface area contributed by atoms with E-state index < -0.39 is 0 Å². The molecule has 1 heterocycles. The normalized spacial score (nSPS) is 12.1. The van der Waals surface area contributed by atoms with Gasteiger partial charge in [-0.15, -0.1) is 0 Å². The molecule has 0 unspecified atom stereocenters. The third-order valence-corrected chi connectivity index (χ3v) is 4.81. The first kappa shape index (κ1) is 21.8. The van der Waals surface area contributed by atoms with Gasteiger partial charge in [0.25, 0.3) is 17.7 Å². The van der Waals surface area contributed by atoms with Crippen molar-refractivity contribution >= 4 is 23.6 Å². The lowest BCUT2D eigenvalue weighted by Gasteiger charge is -2.13. The molecule has 0 aromatic heterocycles. The van der Waals surface area contributed by atoms with Crippen LogP contribution in [0.5, 0.6) is 0 Å². The predicted molar refractivity (Wildman–Crippen MR) is 115 cm³/mol. The van der Waals surface area contributed by atoms with E-state index in [1.165, 1.54) is 9.80 Å². The summed E-state index contributed by atoms with van der Waals surface area (Å²) in [7, 11) is 3.39. The summed E-state index contributed by atoms with van der Waals surface area (Å²) in [6.07, 6.45) is 0.572. The highest BCUT2D eigenvalue weighted by Gasteiger charge is 2.34. The summed E-state index contributed by atoms with van der Waals surface area (Å²) < 4.78 is 0. The van der Waals surface area contributed by atoms with Gasteiger partial charge in [-0.1, -0.05) is 24.0 Å². The zero-order valence-corrected chi connectivity index (χ0v) is 17.5. The number of nitrogens with zero attached hydrogens (tertiary/aromatic N) is 2. The zero-order valence-electron chi connectivity index (χ0n) is 17.5. The number of hydrogen-bond acceptors (Lipinski definition) is 4. The average Bonchev–Trinajstić information content (AvgIpc) is 3.01. The molecule has 7 nitrogen and oxygen atoms in total. The number of benzene rings is 2. The molecule has 1 aliphatic heterocycles. The van der Waals surface area contributed by atoms with Crippen LogP contribution in [-0.2, 0) is 4.79 Å². The first-order chi connectivity index (χ1) is 14.9. The summed E-state index contributed by atoms with van der Waals surface area (Å²) in [5, 5.41) is 2.70. The van der Waals surface area contributed by atoms with Crippen molar-refractivity contribution in [2.45, 2.75) is 12.8 Å². The number of imide groups is 1. The maximum Gasteiger partial charge on any atom is 0.261 e. The van der Waals surface area contributed by atoms with Gasteiger partial charge in [0.1, 0.15) is 0 Å². The second-order valence-electron chi connectivity index (χ2n) is 7.27. The van der Waals surface area contributed by atoms with Crippen LogP contribution in [0.4, 0.5) is 0 Å². The van der Waals surface area contributed by atoms with Crippen LogP contribution < -0.4 is 5.32 Å². The highest BCUT2D eigenvalue weighted by molar-refractivity contribution is 6.21. The minimum atomic E-state index is -0.315. The predicted octanol–water partition coefficient (Wildman–Crippen LogP) is 1.93. The fourth-order valence-corrected chi connectivity index (χ4v) is 3.17. The largest absolute Gasteiger partial charge is 0.345 e. The number of hydrogen-bond donors (Lipinski definition) is 1. The van der Waals surface area contributed by atoms with Crippen LogP contribution in [0.3, 0.4) is 0 Å². The van der Waals surface area contributed by atoms with Gasteiger partial charge in [-0.25, -0.2) is 0 Å². The average molecular weight is 417 g/mol. The van der Waals surface area contributed by atoms with Gasteiger partial charge in [-0.3, -0.25) is 24.1 Å². The highest BCUT2D eigenvalue weighted by Crippen LogP contribution is 2.22. The molecule has 1 aliphatic rings. The summed E-state index contributed by atoms with van der Waals surface area (Å²) in [6.45, 7) is 0.383. The molecular weight excluding hydrogens is 394 g/mol. The molecule has 0 radical (unpaired) electrons. The van der Waals surface area contributed by atoms with Crippen molar-refractivity contribution in [1.82, 2.24) is 15.1 Å². The third-order valence-electron chi connectivity index (χ3n) is 4.81. The molecule has 0 atom stereocenters. The summed E-state index contributed by atoms with van der Waals surface area (Å²) in [6, 6.07) is 13.7. The molecule has 2 aromatic carbocycles. The van der Waals surface area contributed by atoms with Crippen LogP contribution in [0.25, 0.3) is 0 Å². The Bertz CT molecular complexity index is 1040. The Balaban J connectivity index is 1.40. The van der Waals surface area contributed by atoms with Crippen LogP contribution >= 0.6 is 0 Å². The highest BCUT2D eigenvalue weighted by atomic mass is 16.2. The Morgan fingerprint density at radius 2 is 1.58 bits per heavy atom. The van der Waals surface area contributed by atoms with Gasteiger partial charge >= 0.3 is 0 Å². The molecule has 3 rings (SSSR count). The molecule has 1 N–H and O–H groups in total. The Labute approximate surface area is 181 Å². The molecular formula is C24H23N3O4. The number of amides is 4. The molecule has 0 fully saturated rings. The minimum absolute atomic E-state index is 0.0759. The number of carbonyl (C=O) groups excluding carboxylic acids is 4. The van der Waals surface area contributed by atoms with Gasteiger partial charge in [0, 0.05) is 38.2 Å². The van der Waals surface area contributed by atoms with Gasteiger partial charge in [0.15, 0.2) is 0 Å². The van der Waals surface area contributed by atoms with Crippen LogP contribution in [0.2, 0.25) is 0 Å². The Morgan fingerprint density at radius 1 is 0.968 bits per heavy atom. The summed E-state index contributed by atoms with van der Waals surface area (Å²) in [5.41, 5.74) is 2.15. The third kappa shape index (κ3) is 5.17. The topological polar surface area (TPSA) is 86.8 Å². The minimum Gasteiger partial charge on any atom is -0.345 e. The van der Waals surface area contributed by atoms with E-state index in [0.29, 0.717) is 23.1 Å². The molecule has 0 saturated heterocycles. The molecule has 0 aliphatic carbocycles. The lowest BCUT2D eigenvalue weighted by molar-refractivity contribution is -0.121. The SMILES string of the molecule is CN(C)C(=O)c1ccc(C#CCNC(=O)CCCN2C(=O)c3ccccc3C2=O)cc1. The van der Waals surface area contributed by atoms with E-state index in [1.807, 2.05) is 0 Å². The van der Waals surface area contributed by atoms with E-state index in [4.69, 9.17) is 0 Å². The number of carbonyl (C=O) groups is 4. The number of rotatable bonds is 6. The second kappa shape index (κ2) is 9.72. The molecule has 0 spiro atoms. The quantitative estimate of drug-likeness (QED) is 0.575. The van der Waals surface area contributed by atoms with Crippen LogP contribution in [0, 0.1) is 11.8 Å². The van der Waals surface area contributed by atoms with E-state index in [2.05, 4.69) is 17.2 Å². The Morgan fingerprint density at radius 3 is 2.16 bits per heavy atom. The Kier molecular flexibility index (Phi) is 6.83. The maximum atomic E-state index is 12.3. The van der Waals surface area contributed by atoms with Gasteiger partial charge in [0.2, 0.25) is 5.91 Å². The zero-order chi connectivity index (χ0) is 22.4. The van der Waals surface area contributed by atoms with Crippen molar-refractivity contribution in [1.29, 1.82) is 0 Å². The Hall–Kier alpha value is -3.92. The van der Waals surface area contributed by atoms with Crippen molar-refractivity contribution in [3.05, 3.63) is 70.8 Å². The molecule has 158 valence electrons. The monoisotopic (exact) mass is 417 g/mol. The molecule has 2 aromatic rings. The van der Waals surface area contributed by atoms with Crippen molar-refractivity contribution in [2.24, 2.45) is 0 Å². The van der Waals surface area contributed by atoms with Gasteiger partial charge in [0.05, 0.1) is 17.7 Å². The van der Waals surface area contributed by atoms with E-state index in [0.717, 1.165) is 5.56 Å². The van der Waals surface area contributed by atoms with Gasteiger partial charge in [-0.2, -0.15) is 0 Å². The molecule has 7 heteroatoms. The standard InChI is InChI=1S/C24H23N3O4/c1-26(2)22(29)18-13-11-17(12-14-18)7-5-15-25-21(28)10-6-16-27-23(30)19-8-3-4-9-20(19)24(27)31/h3-4,8-9,11-14H,6,10,15-16H2,1-2H3,(H,25,28). The smallest absolute Gasteiger partial charge is 0.261 e. The molecule has 0 saturated carbocycles. The lowest BCUT2D eigenvalue weighted by Crippen LogP contribution is -2.32. The summed E-state index contributed by atoms with van der Waals surface area (Å²) in [5.74, 6) is 4.89. The number of nitrogens with one attached hydrogen (secondary N) is 1. The van der Waals surface area contributed by atoms with Crippen LogP contribution in [0.1, 0.15) is 49.5 Å². The van der Waals surface area contributed by atoms with E-state index in [1.54, 1.807) is 62.6 Å². The van der Waals surface area contributed by atoms with E-state index >= 15 is 0 Å². The fraction of sp³-hybridized carbons (Fsp3) is 0.250. The van der Waals surface area contributed by atoms with Crippen molar-refractivity contribution in [3.8, 4) is 11.8 Å². The summed E-state index contributed by atoms with van der Waals surface area (Å²) in [4.78, 5) is 51.1. The first-order valence-electron chi connectivity index (χ1n) is 9.91. The van der Waals surface area contributed by atoms with Crippen molar-refractivity contribution in [3.63, 3.8) is 0 Å². The first-order valence-corrected chi connectivity index (χ1v) is 9.91. The van der Waals surface area contributed by atoms with Crippen LogP contribution in [0.15, 0.2) is 48.5 Å².